The summed E-state index contributed by atoms with van der Waals surface area (Å²) in [5.41, 5.74) is 0.704. The lowest BCUT2D eigenvalue weighted by molar-refractivity contribution is -0.148. The highest BCUT2D eigenvalue weighted by atomic mass is 16.5. The number of para-hydroxylation sites is 1. The van der Waals surface area contributed by atoms with Crippen LogP contribution in [0, 0.1) is 5.92 Å². The molecular formula is C12H13NO3. The molecule has 0 aromatic heterocycles. The lowest BCUT2D eigenvalue weighted by Crippen LogP contribution is -2.21. The molecule has 1 amide bonds. The Morgan fingerprint density at radius 1 is 1.25 bits per heavy atom. The Kier molecular flexibility index (Phi) is 3.19. The number of amides is 1. The third-order valence-corrected chi connectivity index (χ3v) is 2.31. The van der Waals surface area contributed by atoms with Gasteiger partial charge in [-0.05, 0) is 25.0 Å². The number of esters is 1. The summed E-state index contributed by atoms with van der Waals surface area (Å²) >= 11 is 0. The highest BCUT2D eigenvalue weighted by Crippen LogP contribution is 2.29. The third-order valence-electron chi connectivity index (χ3n) is 2.31. The van der Waals surface area contributed by atoms with Crippen LogP contribution < -0.4 is 5.32 Å². The fourth-order valence-electron chi connectivity index (χ4n) is 1.29. The Balaban J connectivity index is 1.74. The molecule has 0 saturated heterocycles. The van der Waals surface area contributed by atoms with E-state index in [-0.39, 0.29) is 24.4 Å². The largest absolute Gasteiger partial charge is 0.455 e. The van der Waals surface area contributed by atoms with Gasteiger partial charge in [-0.1, -0.05) is 18.2 Å². The topological polar surface area (TPSA) is 55.4 Å². The minimum atomic E-state index is -0.305. The average molecular weight is 219 g/mol. The van der Waals surface area contributed by atoms with Crippen LogP contribution >= 0.6 is 0 Å². The van der Waals surface area contributed by atoms with Crippen molar-refractivity contribution >= 4 is 17.6 Å². The van der Waals surface area contributed by atoms with Gasteiger partial charge < -0.3 is 10.1 Å². The zero-order chi connectivity index (χ0) is 11.4. The number of rotatable bonds is 4. The monoisotopic (exact) mass is 219 g/mol. The van der Waals surface area contributed by atoms with Crippen molar-refractivity contribution in [2.75, 3.05) is 11.9 Å². The molecule has 4 nitrogen and oxygen atoms in total. The van der Waals surface area contributed by atoms with Crippen molar-refractivity contribution in [3.8, 4) is 0 Å². The first kappa shape index (κ1) is 10.7. The van der Waals surface area contributed by atoms with E-state index in [0.717, 1.165) is 12.8 Å². The maximum absolute atomic E-state index is 11.4. The van der Waals surface area contributed by atoms with Crippen molar-refractivity contribution in [3.63, 3.8) is 0 Å². The van der Waals surface area contributed by atoms with E-state index in [1.54, 1.807) is 12.1 Å². The van der Waals surface area contributed by atoms with E-state index < -0.39 is 0 Å². The first-order valence-electron chi connectivity index (χ1n) is 5.27. The summed E-state index contributed by atoms with van der Waals surface area (Å²) < 4.78 is 4.85. The SMILES string of the molecule is O=C(COC(=O)C1CC1)Nc1ccccc1. The van der Waals surface area contributed by atoms with Gasteiger partial charge in [0.05, 0.1) is 5.92 Å². The number of carbonyl (C=O) groups is 2. The highest BCUT2D eigenvalue weighted by Gasteiger charge is 2.31. The fraction of sp³-hybridized carbons (Fsp3) is 0.333. The van der Waals surface area contributed by atoms with Crippen LogP contribution in [0.2, 0.25) is 0 Å². The van der Waals surface area contributed by atoms with Gasteiger partial charge in [0.25, 0.3) is 5.91 Å². The Bertz CT molecular complexity index is 385. The predicted octanol–water partition coefficient (Wildman–Crippen LogP) is 1.58. The summed E-state index contributed by atoms with van der Waals surface area (Å²) in [6, 6.07) is 9.07. The molecule has 1 N–H and O–H groups in total. The molecule has 1 fully saturated rings. The van der Waals surface area contributed by atoms with Crippen molar-refractivity contribution in [2.45, 2.75) is 12.8 Å². The van der Waals surface area contributed by atoms with Gasteiger partial charge in [-0.3, -0.25) is 9.59 Å². The molecule has 1 aromatic carbocycles. The number of benzene rings is 1. The van der Waals surface area contributed by atoms with Gasteiger partial charge in [0, 0.05) is 5.69 Å². The smallest absolute Gasteiger partial charge is 0.309 e. The standard InChI is InChI=1S/C12H13NO3/c14-11(8-16-12(15)9-6-7-9)13-10-4-2-1-3-5-10/h1-5,9H,6-8H2,(H,13,14). The molecule has 0 aliphatic heterocycles. The van der Waals surface area contributed by atoms with Crippen LogP contribution in [0.15, 0.2) is 30.3 Å². The van der Waals surface area contributed by atoms with Crippen LogP contribution in [0.25, 0.3) is 0 Å². The third kappa shape index (κ3) is 3.08. The molecule has 0 bridgehead atoms. The molecule has 16 heavy (non-hydrogen) atoms. The summed E-state index contributed by atoms with van der Waals surface area (Å²) in [7, 11) is 0. The van der Waals surface area contributed by atoms with Gasteiger partial charge in [0.2, 0.25) is 0 Å². The summed E-state index contributed by atoms with van der Waals surface area (Å²) in [5, 5.41) is 2.64. The molecular weight excluding hydrogens is 206 g/mol. The summed E-state index contributed by atoms with van der Waals surface area (Å²) in [5.74, 6) is -0.534. The highest BCUT2D eigenvalue weighted by molar-refractivity contribution is 5.92. The molecule has 0 unspecified atom stereocenters. The molecule has 2 rings (SSSR count). The Morgan fingerprint density at radius 3 is 2.56 bits per heavy atom. The van der Waals surface area contributed by atoms with E-state index in [9.17, 15) is 9.59 Å². The lowest BCUT2D eigenvalue weighted by atomic mass is 10.3. The summed E-state index contributed by atoms with van der Waals surface area (Å²) in [6.45, 7) is -0.204. The van der Waals surface area contributed by atoms with Crippen LogP contribution in [0.3, 0.4) is 0 Å². The number of hydrogen-bond acceptors (Lipinski definition) is 3. The average Bonchev–Trinajstić information content (AvgIpc) is 3.11. The van der Waals surface area contributed by atoms with Crippen molar-refractivity contribution < 1.29 is 14.3 Å². The van der Waals surface area contributed by atoms with Crippen molar-refractivity contribution in [3.05, 3.63) is 30.3 Å². The van der Waals surface area contributed by atoms with E-state index in [1.165, 1.54) is 0 Å². The molecule has 4 heteroatoms. The molecule has 0 radical (unpaired) electrons. The molecule has 1 aliphatic rings. The second-order valence-electron chi connectivity index (χ2n) is 3.80. The maximum Gasteiger partial charge on any atom is 0.309 e. The van der Waals surface area contributed by atoms with Crippen LogP contribution in [-0.4, -0.2) is 18.5 Å². The second kappa shape index (κ2) is 4.79. The van der Waals surface area contributed by atoms with Gasteiger partial charge in [-0.15, -0.1) is 0 Å². The Morgan fingerprint density at radius 2 is 1.94 bits per heavy atom. The first-order chi connectivity index (χ1) is 7.75. The van der Waals surface area contributed by atoms with E-state index in [4.69, 9.17) is 4.74 Å². The van der Waals surface area contributed by atoms with E-state index >= 15 is 0 Å². The molecule has 1 aromatic rings. The van der Waals surface area contributed by atoms with Crippen LogP contribution in [-0.2, 0) is 14.3 Å². The van der Waals surface area contributed by atoms with Gasteiger partial charge >= 0.3 is 5.97 Å². The lowest BCUT2D eigenvalue weighted by Gasteiger charge is -2.05. The van der Waals surface area contributed by atoms with Crippen LogP contribution in [0.4, 0.5) is 5.69 Å². The van der Waals surface area contributed by atoms with Crippen molar-refractivity contribution in [2.24, 2.45) is 5.92 Å². The van der Waals surface area contributed by atoms with E-state index in [0.29, 0.717) is 5.69 Å². The molecule has 1 saturated carbocycles. The van der Waals surface area contributed by atoms with E-state index in [1.807, 2.05) is 18.2 Å². The normalized spacial score (nSPS) is 14.2. The Hall–Kier alpha value is -1.84. The number of anilines is 1. The molecule has 1 aliphatic carbocycles. The molecule has 84 valence electrons. The van der Waals surface area contributed by atoms with Gasteiger partial charge in [0.1, 0.15) is 0 Å². The fourth-order valence-corrected chi connectivity index (χ4v) is 1.29. The van der Waals surface area contributed by atoms with Gasteiger partial charge in [-0.2, -0.15) is 0 Å². The van der Waals surface area contributed by atoms with Gasteiger partial charge in [-0.25, -0.2) is 0 Å². The zero-order valence-corrected chi connectivity index (χ0v) is 8.81. The van der Waals surface area contributed by atoms with Crippen molar-refractivity contribution in [1.82, 2.24) is 0 Å². The number of nitrogens with one attached hydrogen (secondary N) is 1. The van der Waals surface area contributed by atoms with Gasteiger partial charge in [0.15, 0.2) is 6.61 Å². The second-order valence-corrected chi connectivity index (χ2v) is 3.80. The number of carbonyl (C=O) groups excluding carboxylic acids is 2. The van der Waals surface area contributed by atoms with E-state index in [2.05, 4.69) is 5.32 Å². The minimum Gasteiger partial charge on any atom is -0.455 e. The van der Waals surface area contributed by atoms with Crippen LogP contribution in [0.1, 0.15) is 12.8 Å². The first-order valence-corrected chi connectivity index (χ1v) is 5.27. The number of ether oxygens (including phenoxy) is 1. The minimum absolute atomic E-state index is 0.0320. The molecule has 0 atom stereocenters. The molecule has 0 heterocycles. The maximum atomic E-state index is 11.4. The van der Waals surface area contributed by atoms with Crippen LogP contribution in [0.5, 0.6) is 0 Å². The predicted molar refractivity (Wildman–Crippen MR) is 58.8 cm³/mol. The van der Waals surface area contributed by atoms with Crippen molar-refractivity contribution in [1.29, 1.82) is 0 Å². The Labute approximate surface area is 93.6 Å². The molecule has 0 spiro atoms. The quantitative estimate of drug-likeness (QED) is 0.782. The summed E-state index contributed by atoms with van der Waals surface area (Å²) in [6.07, 6.45) is 1.78. The zero-order valence-electron chi connectivity index (χ0n) is 8.81. The number of hydrogen-bond donors (Lipinski definition) is 1. The summed E-state index contributed by atoms with van der Waals surface area (Å²) in [4.78, 5) is 22.5.